The molecule has 0 bridgehead atoms. The quantitative estimate of drug-likeness (QED) is 0.785. The molecule has 2 aromatic carbocycles. The molecule has 0 fully saturated rings. The number of sulfonamides is 1. The molecule has 3 aromatic rings. The summed E-state index contributed by atoms with van der Waals surface area (Å²) >= 11 is 1.06. The van der Waals surface area contributed by atoms with Crippen molar-refractivity contribution in [1.82, 2.24) is 4.57 Å². The molecule has 0 aliphatic rings. The van der Waals surface area contributed by atoms with E-state index in [4.69, 9.17) is 0 Å². The lowest BCUT2D eigenvalue weighted by atomic mass is 10.2. The van der Waals surface area contributed by atoms with Crippen LogP contribution in [0.1, 0.15) is 5.56 Å². The van der Waals surface area contributed by atoms with Crippen LogP contribution in [-0.4, -0.2) is 13.0 Å². The van der Waals surface area contributed by atoms with E-state index in [-0.39, 0.29) is 10.6 Å². The molecule has 0 amide bonds. The number of aromatic nitrogens is 1. The predicted molar refractivity (Wildman–Crippen MR) is 89.7 cm³/mol. The largest absolute Gasteiger partial charge is 0.307 e. The molecule has 0 radical (unpaired) electrons. The highest BCUT2D eigenvalue weighted by molar-refractivity contribution is 7.91. The number of benzene rings is 2. The molecule has 0 saturated heterocycles. The third-order valence-electron chi connectivity index (χ3n) is 3.34. The summed E-state index contributed by atoms with van der Waals surface area (Å²) in [4.78, 5) is 11.5. The number of rotatable bonds is 4. The number of hydrogen-bond donors (Lipinski definition) is 1. The van der Waals surface area contributed by atoms with Gasteiger partial charge in [-0.15, -0.1) is 0 Å². The van der Waals surface area contributed by atoms with Crippen LogP contribution in [0, 0.1) is 5.82 Å². The molecule has 1 N–H and O–H groups in total. The van der Waals surface area contributed by atoms with Crippen molar-refractivity contribution < 1.29 is 12.8 Å². The Morgan fingerprint density at radius 2 is 1.87 bits per heavy atom. The molecule has 3 rings (SSSR count). The molecular formula is C15H13FN2O3S2. The van der Waals surface area contributed by atoms with Crippen molar-refractivity contribution in [2.24, 2.45) is 7.05 Å². The Morgan fingerprint density at radius 1 is 1.17 bits per heavy atom. The minimum atomic E-state index is -3.63. The van der Waals surface area contributed by atoms with Crippen LogP contribution < -0.4 is 9.60 Å². The molecule has 8 heteroatoms. The van der Waals surface area contributed by atoms with Gasteiger partial charge in [-0.3, -0.25) is 9.52 Å². The van der Waals surface area contributed by atoms with Crippen molar-refractivity contribution in [3.05, 3.63) is 63.5 Å². The number of hydrogen-bond acceptors (Lipinski definition) is 4. The van der Waals surface area contributed by atoms with E-state index in [1.165, 1.54) is 28.8 Å². The van der Waals surface area contributed by atoms with Crippen LogP contribution in [0.4, 0.5) is 10.1 Å². The Bertz CT molecular complexity index is 1020. The highest BCUT2D eigenvalue weighted by Crippen LogP contribution is 2.22. The summed E-state index contributed by atoms with van der Waals surface area (Å²) in [5.41, 5.74) is 1.63. The summed E-state index contributed by atoms with van der Waals surface area (Å²) in [6.45, 7) is 0. The van der Waals surface area contributed by atoms with Crippen LogP contribution in [0.2, 0.25) is 0 Å². The van der Waals surface area contributed by atoms with Crippen LogP contribution in [0.25, 0.3) is 10.2 Å². The highest BCUT2D eigenvalue weighted by atomic mass is 32.2. The normalized spacial score (nSPS) is 11.7. The number of aryl methyl sites for hydroxylation is 1. The number of anilines is 1. The predicted octanol–water partition coefficient (Wildman–Crippen LogP) is 2.68. The van der Waals surface area contributed by atoms with Gasteiger partial charge < -0.3 is 4.57 Å². The second-order valence-electron chi connectivity index (χ2n) is 5.10. The molecule has 0 aliphatic heterocycles. The molecule has 5 nitrogen and oxygen atoms in total. The maximum absolute atomic E-state index is 12.9. The van der Waals surface area contributed by atoms with Crippen molar-refractivity contribution in [3.63, 3.8) is 0 Å². The molecule has 23 heavy (non-hydrogen) atoms. The lowest BCUT2D eigenvalue weighted by Crippen LogP contribution is -2.15. The van der Waals surface area contributed by atoms with Crippen LogP contribution in [-0.2, 0) is 22.8 Å². The van der Waals surface area contributed by atoms with Gasteiger partial charge in [0, 0.05) is 7.05 Å². The van der Waals surface area contributed by atoms with Gasteiger partial charge in [0.05, 0.1) is 21.7 Å². The number of thiazole rings is 1. The van der Waals surface area contributed by atoms with E-state index in [0.717, 1.165) is 16.9 Å². The Kier molecular flexibility index (Phi) is 3.95. The molecular weight excluding hydrogens is 339 g/mol. The number of halogens is 1. The van der Waals surface area contributed by atoms with Gasteiger partial charge in [0.15, 0.2) is 0 Å². The van der Waals surface area contributed by atoms with Gasteiger partial charge in [0.1, 0.15) is 5.82 Å². The van der Waals surface area contributed by atoms with Crippen LogP contribution in [0.5, 0.6) is 0 Å². The van der Waals surface area contributed by atoms with Crippen molar-refractivity contribution >= 4 is 37.3 Å². The molecule has 1 aromatic heterocycles. The van der Waals surface area contributed by atoms with Gasteiger partial charge in [0.25, 0.3) is 0 Å². The SMILES string of the molecule is Cn1c(=O)sc2cc(NS(=O)(=O)Cc3ccc(F)cc3)ccc21. The van der Waals surface area contributed by atoms with E-state index in [1.807, 2.05) is 0 Å². The van der Waals surface area contributed by atoms with E-state index in [9.17, 15) is 17.6 Å². The fourth-order valence-electron chi connectivity index (χ4n) is 2.21. The average Bonchev–Trinajstić information content (AvgIpc) is 2.75. The zero-order chi connectivity index (χ0) is 16.6. The lowest BCUT2D eigenvalue weighted by Gasteiger charge is -2.08. The maximum Gasteiger partial charge on any atom is 0.307 e. The van der Waals surface area contributed by atoms with Crippen molar-refractivity contribution in [1.29, 1.82) is 0 Å². The summed E-state index contributed by atoms with van der Waals surface area (Å²) in [6, 6.07) is 10.2. The van der Waals surface area contributed by atoms with Gasteiger partial charge in [-0.2, -0.15) is 0 Å². The zero-order valence-electron chi connectivity index (χ0n) is 12.1. The van der Waals surface area contributed by atoms with Crippen LogP contribution in [0.15, 0.2) is 47.3 Å². The minimum absolute atomic E-state index is 0.105. The molecule has 0 aliphatic carbocycles. The monoisotopic (exact) mass is 352 g/mol. The average molecular weight is 352 g/mol. The topological polar surface area (TPSA) is 68.2 Å². The second kappa shape index (κ2) is 5.78. The summed E-state index contributed by atoms with van der Waals surface area (Å²) < 4.78 is 41.9. The Labute approximate surface area is 136 Å². The van der Waals surface area contributed by atoms with E-state index < -0.39 is 15.8 Å². The first-order valence-corrected chi connectivity index (χ1v) is 9.15. The number of fused-ring (bicyclic) bond motifs is 1. The zero-order valence-corrected chi connectivity index (χ0v) is 13.7. The van der Waals surface area contributed by atoms with Gasteiger partial charge in [-0.05, 0) is 35.9 Å². The van der Waals surface area contributed by atoms with Gasteiger partial charge in [0.2, 0.25) is 10.0 Å². The Morgan fingerprint density at radius 3 is 2.57 bits per heavy atom. The summed E-state index contributed by atoms with van der Waals surface area (Å²) in [5, 5.41) is 0. The Hall–Kier alpha value is -2.19. The second-order valence-corrected chi connectivity index (χ2v) is 7.81. The summed E-state index contributed by atoms with van der Waals surface area (Å²) in [5.74, 6) is -0.667. The molecule has 1 heterocycles. The Balaban J connectivity index is 1.85. The number of nitrogens with one attached hydrogen (secondary N) is 1. The van der Waals surface area contributed by atoms with Crippen molar-refractivity contribution in [2.45, 2.75) is 5.75 Å². The van der Waals surface area contributed by atoms with Gasteiger partial charge in [-0.1, -0.05) is 23.5 Å². The fourth-order valence-corrected chi connectivity index (χ4v) is 4.32. The van der Waals surface area contributed by atoms with E-state index in [1.54, 1.807) is 25.2 Å². The fraction of sp³-hybridized carbons (Fsp3) is 0.133. The van der Waals surface area contributed by atoms with Crippen molar-refractivity contribution in [2.75, 3.05) is 4.72 Å². The van der Waals surface area contributed by atoms with Crippen LogP contribution >= 0.6 is 11.3 Å². The third kappa shape index (κ3) is 3.43. The minimum Gasteiger partial charge on any atom is -0.302 e. The van der Waals surface area contributed by atoms with E-state index in [2.05, 4.69) is 4.72 Å². The highest BCUT2D eigenvalue weighted by Gasteiger charge is 2.13. The van der Waals surface area contributed by atoms with Crippen LogP contribution in [0.3, 0.4) is 0 Å². The number of nitrogens with zero attached hydrogens (tertiary/aromatic N) is 1. The third-order valence-corrected chi connectivity index (χ3v) is 5.59. The van der Waals surface area contributed by atoms with E-state index in [0.29, 0.717) is 16.0 Å². The molecule has 0 atom stereocenters. The molecule has 120 valence electrons. The molecule has 0 unspecified atom stereocenters. The first-order valence-electron chi connectivity index (χ1n) is 6.68. The molecule has 0 spiro atoms. The maximum atomic E-state index is 12.9. The standard InChI is InChI=1S/C15H13FN2O3S2/c1-18-13-7-6-12(8-14(13)22-15(18)19)17-23(20,21)9-10-2-4-11(16)5-3-10/h2-8,17H,9H2,1H3. The first kappa shape index (κ1) is 15.7. The van der Waals surface area contributed by atoms with Gasteiger partial charge in [-0.25, -0.2) is 12.8 Å². The van der Waals surface area contributed by atoms with E-state index >= 15 is 0 Å². The van der Waals surface area contributed by atoms with Gasteiger partial charge >= 0.3 is 4.87 Å². The smallest absolute Gasteiger partial charge is 0.302 e. The van der Waals surface area contributed by atoms with Crippen molar-refractivity contribution in [3.8, 4) is 0 Å². The summed E-state index contributed by atoms with van der Waals surface area (Å²) in [7, 11) is -1.96. The summed E-state index contributed by atoms with van der Waals surface area (Å²) in [6.07, 6.45) is 0. The molecule has 0 saturated carbocycles. The first-order chi connectivity index (χ1) is 10.8. The lowest BCUT2D eigenvalue weighted by molar-refractivity contribution is 0.600.